The Hall–Kier alpha value is -4.14. The van der Waals surface area contributed by atoms with Gasteiger partial charge in [-0.05, 0) is 60.4 Å². The van der Waals surface area contributed by atoms with Gasteiger partial charge in [-0.2, -0.15) is 0 Å². The van der Waals surface area contributed by atoms with Gasteiger partial charge in [0.05, 0.1) is 10.6 Å². The quantitative estimate of drug-likeness (QED) is 0.218. The first-order chi connectivity index (χ1) is 20.6. The van der Waals surface area contributed by atoms with E-state index in [1.807, 2.05) is 62.4 Å². The molecule has 0 spiro atoms. The van der Waals surface area contributed by atoms with Crippen LogP contribution in [0, 0.1) is 6.92 Å². The van der Waals surface area contributed by atoms with Crippen molar-refractivity contribution in [2.45, 2.75) is 44.2 Å². The topological polar surface area (TPSA) is 86.8 Å². The highest BCUT2D eigenvalue weighted by Gasteiger charge is 2.34. The molecule has 0 aliphatic heterocycles. The molecule has 0 aromatic heterocycles. The fourth-order valence-corrected chi connectivity index (χ4v) is 6.62. The zero-order valence-corrected chi connectivity index (χ0v) is 26.1. The molecule has 7 nitrogen and oxygen atoms in total. The van der Waals surface area contributed by atoms with Crippen LogP contribution >= 0.6 is 11.6 Å². The molecular formula is C34H36ClN3O4S. The Morgan fingerprint density at radius 2 is 1.51 bits per heavy atom. The number of hydrogen-bond donors (Lipinski definition) is 1. The van der Waals surface area contributed by atoms with Gasteiger partial charge in [0.15, 0.2) is 0 Å². The van der Waals surface area contributed by atoms with Crippen molar-refractivity contribution in [2.75, 3.05) is 17.9 Å². The SMILES string of the molecule is CCc1ccccc1N(CC(=O)N(Cc1cccc(Cl)c1)[C@H](Cc1ccccc1)C(=O)NC)S(=O)(=O)c1ccc(C)cc1. The molecule has 0 heterocycles. The maximum Gasteiger partial charge on any atom is 0.264 e. The molecule has 43 heavy (non-hydrogen) atoms. The smallest absolute Gasteiger partial charge is 0.264 e. The van der Waals surface area contributed by atoms with Crippen LogP contribution in [0.2, 0.25) is 5.02 Å². The number of para-hydroxylation sites is 1. The van der Waals surface area contributed by atoms with E-state index >= 15 is 0 Å². The van der Waals surface area contributed by atoms with E-state index in [-0.39, 0.29) is 23.8 Å². The summed E-state index contributed by atoms with van der Waals surface area (Å²) >= 11 is 6.27. The van der Waals surface area contributed by atoms with Crippen LogP contribution in [-0.4, -0.2) is 44.8 Å². The average molecular weight is 618 g/mol. The molecule has 4 aromatic rings. The lowest BCUT2D eigenvalue weighted by atomic mass is 10.0. The van der Waals surface area contributed by atoms with Crippen molar-refractivity contribution >= 4 is 39.1 Å². The second kappa shape index (κ2) is 14.4. The minimum absolute atomic E-state index is 0.0537. The van der Waals surface area contributed by atoms with Crippen molar-refractivity contribution in [3.8, 4) is 0 Å². The summed E-state index contributed by atoms with van der Waals surface area (Å²) in [4.78, 5) is 29.3. The van der Waals surface area contributed by atoms with E-state index in [4.69, 9.17) is 11.6 Å². The number of likely N-dealkylation sites (N-methyl/N-ethyl adjacent to an activating group) is 1. The number of carbonyl (C=O) groups excluding carboxylic acids is 2. The number of sulfonamides is 1. The third kappa shape index (κ3) is 7.83. The summed E-state index contributed by atoms with van der Waals surface area (Å²) in [7, 11) is -2.64. The summed E-state index contributed by atoms with van der Waals surface area (Å²) in [5.74, 6) is -0.882. The average Bonchev–Trinajstić information content (AvgIpc) is 3.01. The van der Waals surface area contributed by atoms with Crippen LogP contribution in [0.25, 0.3) is 0 Å². The van der Waals surface area contributed by atoms with Crippen molar-refractivity contribution in [2.24, 2.45) is 0 Å². The van der Waals surface area contributed by atoms with Gasteiger partial charge in [-0.1, -0.05) is 96.9 Å². The summed E-state index contributed by atoms with van der Waals surface area (Å²) in [6.07, 6.45) is 0.800. The van der Waals surface area contributed by atoms with Crippen molar-refractivity contribution in [1.82, 2.24) is 10.2 Å². The molecule has 0 saturated carbocycles. The molecule has 1 N–H and O–H groups in total. The van der Waals surface area contributed by atoms with E-state index in [1.165, 1.54) is 11.9 Å². The first kappa shape index (κ1) is 31.8. The number of rotatable bonds is 12. The predicted molar refractivity (Wildman–Crippen MR) is 172 cm³/mol. The minimum atomic E-state index is -4.16. The zero-order valence-electron chi connectivity index (χ0n) is 24.5. The Morgan fingerprint density at radius 1 is 0.860 bits per heavy atom. The van der Waals surface area contributed by atoms with Gasteiger partial charge < -0.3 is 10.2 Å². The summed E-state index contributed by atoms with van der Waals surface area (Å²) in [6, 6.07) is 29.3. The highest BCUT2D eigenvalue weighted by atomic mass is 35.5. The molecule has 0 radical (unpaired) electrons. The van der Waals surface area contributed by atoms with Crippen molar-refractivity contribution in [1.29, 1.82) is 0 Å². The normalized spacial score (nSPS) is 11.9. The van der Waals surface area contributed by atoms with Crippen molar-refractivity contribution < 1.29 is 18.0 Å². The number of nitrogens with one attached hydrogen (secondary N) is 1. The number of halogens is 1. The van der Waals surface area contributed by atoms with Gasteiger partial charge in [-0.3, -0.25) is 13.9 Å². The summed E-state index contributed by atoms with van der Waals surface area (Å²) in [5, 5.41) is 3.18. The molecule has 0 fully saturated rings. The number of hydrogen-bond acceptors (Lipinski definition) is 4. The van der Waals surface area contributed by atoms with E-state index in [9.17, 15) is 18.0 Å². The van der Waals surface area contributed by atoms with Gasteiger partial charge in [0.25, 0.3) is 10.0 Å². The number of aryl methyl sites for hydroxylation is 2. The van der Waals surface area contributed by atoms with Crippen LogP contribution in [0.3, 0.4) is 0 Å². The lowest BCUT2D eigenvalue weighted by Gasteiger charge is -2.34. The molecule has 0 aliphatic rings. The third-order valence-electron chi connectivity index (χ3n) is 7.29. The largest absolute Gasteiger partial charge is 0.357 e. The Bertz CT molecular complexity index is 1660. The molecule has 4 aromatic carbocycles. The second-order valence-corrected chi connectivity index (χ2v) is 12.6. The third-order valence-corrected chi connectivity index (χ3v) is 9.30. The first-order valence-corrected chi connectivity index (χ1v) is 15.9. The number of amides is 2. The highest BCUT2D eigenvalue weighted by molar-refractivity contribution is 7.92. The van der Waals surface area contributed by atoms with Gasteiger partial charge in [0, 0.05) is 25.0 Å². The van der Waals surface area contributed by atoms with E-state index in [2.05, 4.69) is 5.32 Å². The maximum absolute atomic E-state index is 14.4. The van der Waals surface area contributed by atoms with Gasteiger partial charge in [-0.25, -0.2) is 8.42 Å². The number of anilines is 1. The Kier molecular flexibility index (Phi) is 10.6. The monoisotopic (exact) mass is 617 g/mol. The van der Waals surface area contributed by atoms with Gasteiger partial charge >= 0.3 is 0 Å². The number of benzene rings is 4. The van der Waals surface area contributed by atoms with E-state index in [0.717, 1.165) is 21.0 Å². The van der Waals surface area contributed by atoms with Crippen molar-refractivity contribution in [3.63, 3.8) is 0 Å². The molecule has 4 rings (SSSR count). The van der Waals surface area contributed by atoms with Gasteiger partial charge in [-0.15, -0.1) is 0 Å². The Morgan fingerprint density at radius 3 is 2.16 bits per heavy atom. The standard InChI is InChI=1S/C34H36ClN3O4S/c1-4-28-14-8-9-16-31(28)38(43(41,42)30-19-17-25(2)18-20-30)24-33(39)37(23-27-13-10-15-29(35)21-27)32(34(40)36-3)22-26-11-6-5-7-12-26/h5-21,32H,4,22-24H2,1-3H3,(H,36,40)/t32-/m1/s1. The molecule has 0 saturated heterocycles. The molecule has 224 valence electrons. The lowest BCUT2D eigenvalue weighted by Crippen LogP contribution is -2.53. The Labute approximate surface area is 259 Å². The summed E-state index contributed by atoms with van der Waals surface area (Å²) < 4.78 is 29.5. The molecule has 0 aliphatic carbocycles. The molecule has 2 amide bonds. The second-order valence-electron chi connectivity index (χ2n) is 10.3. The predicted octanol–water partition coefficient (Wildman–Crippen LogP) is 5.79. The van der Waals surface area contributed by atoms with Crippen molar-refractivity contribution in [3.05, 3.63) is 130 Å². The van der Waals surface area contributed by atoms with Crippen LogP contribution in [0.4, 0.5) is 5.69 Å². The number of nitrogens with zero attached hydrogens (tertiary/aromatic N) is 2. The van der Waals surface area contributed by atoms with Crippen LogP contribution in [0.5, 0.6) is 0 Å². The number of carbonyl (C=O) groups is 2. The van der Waals surface area contributed by atoms with Crippen LogP contribution in [-0.2, 0) is 39.0 Å². The Balaban J connectivity index is 1.81. The van der Waals surface area contributed by atoms with E-state index in [1.54, 1.807) is 54.6 Å². The first-order valence-electron chi connectivity index (χ1n) is 14.1. The van der Waals surface area contributed by atoms with Crippen LogP contribution in [0.15, 0.2) is 108 Å². The lowest BCUT2D eigenvalue weighted by molar-refractivity contribution is -0.139. The van der Waals surface area contributed by atoms with Gasteiger partial charge in [0.2, 0.25) is 11.8 Å². The molecule has 1 atom stereocenters. The minimum Gasteiger partial charge on any atom is -0.357 e. The van der Waals surface area contributed by atoms with Crippen LogP contribution in [0.1, 0.15) is 29.2 Å². The maximum atomic E-state index is 14.4. The fourth-order valence-electron chi connectivity index (χ4n) is 4.96. The van der Waals surface area contributed by atoms with Crippen LogP contribution < -0.4 is 9.62 Å². The molecule has 0 unspecified atom stereocenters. The molecule has 0 bridgehead atoms. The zero-order chi connectivity index (χ0) is 31.0. The van der Waals surface area contributed by atoms with Gasteiger partial charge in [0.1, 0.15) is 12.6 Å². The molecular weight excluding hydrogens is 582 g/mol. The highest BCUT2D eigenvalue weighted by Crippen LogP contribution is 2.29. The van der Waals surface area contributed by atoms with E-state index in [0.29, 0.717) is 22.7 Å². The fraction of sp³-hybridized carbons (Fsp3) is 0.235. The summed E-state index contributed by atoms with van der Waals surface area (Å²) in [6.45, 7) is 3.36. The summed E-state index contributed by atoms with van der Waals surface area (Å²) in [5.41, 5.74) is 3.68. The molecule has 9 heteroatoms. The van der Waals surface area contributed by atoms with E-state index < -0.39 is 28.5 Å².